The highest BCUT2D eigenvalue weighted by Gasteiger charge is 2.51. The van der Waals surface area contributed by atoms with Gasteiger partial charge in [-0.3, -0.25) is 0 Å². The van der Waals surface area contributed by atoms with Crippen LogP contribution in [-0.4, -0.2) is 13.7 Å². The summed E-state index contributed by atoms with van der Waals surface area (Å²) >= 11 is 0. The van der Waals surface area contributed by atoms with Gasteiger partial charge in [-0.25, -0.2) is 0 Å². The topological polar surface area (TPSA) is 12.5 Å². The van der Waals surface area contributed by atoms with Gasteiger partial charge in [0.1, 0.15) is 5.75 Å². The van der Waals surface area contributed by atoms with Gasteiger partial charge in [-0.1, -0.05) is 56.3 Å². The summed E-state index contributed by atoms with van der Waals surface area (Å²) in [5.74, 6) is 0.897. The first-order chi connectivity index (χ1) is 11.4. The van der Waals surface area contributed by atoms with Crippen molar-refractivity contribution in [1.29, 1.82) is 0 Å². The molecule has 0 aliphatic carbocycles. The molecule has 1 atom stereocenters. The van der Waals surface area contributed by atoms with Crippen molar-refractivity contribution < 1.29 is 4.74 Å². The minimum absolute atomic E-state index is 0.0620. The highest BCUT2D eigenvalue weighted by molar-refractivity contribution is 5.55. The van der Waals surface area contributed by atoms with E-state index in [-0.39, 0.29) is 11.0 Å². The van der Waals surface area contributed by atoms with Gasteiger partial charge in [-0.05, 0) is 43.2 Å². The lowest BCUT2D eigenvalue weighted by atomic mass is 9.61. The number of hydrogen-bond donors (Lipinski definition) is 0. The zero-order valence-electron chi connectivity index (χ0n) is 15.2. The summed E-state index contributed by atoms with van der Waals surface area (Å²) in [6.07, 6.45) is 1.02. The molecular weight excluding hydrogens is 294 g/mol. The predicted octanol–water partition coefficient (Wildman–Crippen LogP) is 5.40. The van der Waals surface area contributed by atoms with Crippen LogP contribution in [0.15, 0.2) is 66.7 Å². The first kappa shape index (κ1) is 16.6. The van der Waals surface area contributed by atoms with E-state index in [4.69, 9.17) is 4.74 Å². The zero-order valence-corrected chi connectivity index (χ0v) is 15.2. The molecule has 0 amide bonds. The number of anilines is 1. The Morgan fingerprint density at radius 3 is 2.38 bits per heavy atom. The Bertz CT molecular complexity index is 735. The highest BCUT2D eigenvalue weighted by Crippen LogP contribution is 2.54. The van der Waals surface area contributed by atoms with Crippen molar-refractivity contribution >= 4 is 5.69 Å². The third-order valence-electron chi connectivity index (χ3n) is 5.98. The molecule has 24 heavy (non-hydrogen) atoms. The van der Waals surface area contributed by atoms with E-state index in [0.29, 0.717) is 0 Å². The van der Waals surface area contributed by atoms with Crippen molar-refractivity contribution in [2.45, 2.75) is 32.7 Å². The molecule has 2 aromatic carbocycles. The fourth-order valence-corrected chi connectivity index (χ4v) is 3.90. The van der Waals surface area contributed by atoms with E-state index in [1.807, 2.05) is 6.07 Å². The Morgan fingerprint density at radius 1 is 1.00 bits per heavy atom. The Labute approximate surface area is 145 Å². The van der Waals surface area contributed by atoms with Crippen LogP contribution in [0.25, 0.3) is 0 Å². The van der Waals surface area contributed by atoms with Crippen molar-refractivity contribution in [1.82, 2.24) is 0 Å². The molecule has 2 heteroatoms. The lowest BCUT2D eigenvalue weighted by Gasteiger charge is -2.57. The standard InChI is InChI=1S/C22H27NO/c1-17-14-15-23(19-11-7-6-8-12-19)22(4,21(17,2)3)18-10-9-13-20(16-18)24-5/h6-13,16H,1,14-15H2,2-5H3. The molecule has 1 aliphatic heterocycles. The van der Waals surface area contributed by atoms with Gasteiger partial charge in [0.05, 0.1) is 12.6 Å². The maximum absolute atomic E-state index is 5.49. The monoisotopic (exact) mass is 321 g/mol. The lowest BCUT2D eigenvalue weighted by Crippen LogP contribution is -2.58. The zero-order chi connectivity index (χ0) is 17.4. The van der Waals surface area contributed by atoms with Gasteiger partial charge in [-0.15, -0.1) is 0 Å². The maximum Gasteiger partial charge on any atom is 0.119 e. The van der Waals surface area contributed by atoms with E-state index in [9.17, 15) is 0 Å². The predicted molar refractivity (Wildman–Crippen MR) is 102 cm³/mol. The van der Waals surface area contributed by atoms with Crippen molar-refractivity contribution in [3.05, 3.63) is 72.3 Å². The summed E-state index contributed by atoms with van der Waals surface area (Å²) in [5, 5.41) is 0. The van der Waals surface area contributed by atoms with Crippen LogP contribution < -0.4 is 9.64 Å². The van der Waals surface area contributed by atoms with E-state index in [0.717, 1.165) is 18.7 Å². The number of piperidine rings is 1. The summed E-state index contributed by atoms with van der Waals surface area (Å²) in [4.78, 5) is 2.52. The Balaban J connectivity index is 2.20. The summed E-state index contributed by atoms with van der Waals surface area (Å²) in [7, 11) is 1.72. The normalized spacial score (nSPS) is 23.2. The molecule has 1 heterocycles. The minimum atomic E-state index is -0.196. The smallest absolute Gasteiger partial charge is 0.119 e. The number of para-hydroxylation sites is 1. The average Bonchev–Trinajstić information content (AvgIpc) is 2.61. The highest BCUT2D eigenvalue weighted by atomic mass is 16.5. The number of nitrogens with zero attached hydrogens (tertiary/aromatic N) is 1. The first-order valence-electron chi connectivity index (χ1n) is 8.56. The summed E-state index contributed by atoms with van der Waals surface area (Å²) < 4.78 is 5.49. The maximum atomic E-state index is 5.49. The molecule has 0 saturated carbocycles. The molecule has 1 unspecified atom stereocenters. The molecule has 2 nitrogen and oxygen atoms in total. The molecule has 1 fully saturated rings. The number of hydrogen-bond acceptors (Lipinski definition) is 2. The van der Waals surface area contributed by atoms with Gasteiger partial charge < -0.3 is 9.64 Å². The van der Waals surface area contributed by atoms with Crippen LogP contribution in [0, 0.1) is 5.41 Å². The molecule has 0 N–H and O–H groups in total. The van der Waals surface area contributed by atoms with E-state index in [1.54, 1.807) is 7.11 Å². The van der Waals surface area contributed by atoms with Crippen LogP contribution in [0.3, 0.4) is 0 Å². The Morgan fingerprint density at radius 2 is 1.71 bits per heavy atom. The van der Waals surface area contributed by atoms with Gasteiger partial charge in [0, 0.05) is 17.6 Å². The molecule has 0 radical (unpaired) electrons. The molecule has 2 aromatic rings. The first-order valence-corrected chi connectivity index (χ1v) is 8.56. The largest absolute Gasteiger partial charge is 0.497 e. The summed E-state index contributed by atoms with van der Waals surface area (Å²) in [5.41, 5.74) is 3.56. The second-order valence-electron chi connectivity index (χ2n) is 7.27. The lowest BCUT2D eigenvalue weighted by molar-refractivity contribution is 0.185. The molecule has 0 bridgehead atoms. The summed E-state index contributed by atoms with van der Waals surface area (Å²) in [6, 6.07) is 19.1. The fourth-order valence-electron chi connectivity index (χ4n) is 3.90. The van der Waals surface area contributed by atoms with Crippen LogP contribution in [0.5, 0.6) is 5.75 Å². The average molecular weight is 321 g/mol. The number of ether oxygens (including phenoxy) is 1. The molecule has 126 valence electrons. The molecule has 0 spiro atoms. The fraction of sp³-hybridized carbons (Fsp3) is 0.364. The van der Waals surface area contributed by atoms with Crippen LogP contribution in [0.1, 0.15) is 32.8 Å². The SMILES string of the molecule is C=C1CCN(c2ccccc2)C(C)(c2cccc(OC)c2)C1(C)C. The van der Waals surface area contributed by atoms with E-state index < -0.39 is 0 Å². The van der Waals surface area contributed by atoms with E-state index >= 15 is 0 Å². The Kier molecular flexibility index (Phi) is 4.16. The van der Waals surface area contributed by atoms with Crippen molar-refractivity contribution in [3.63, 3.8) is 0 Å². The van der Waals surface area contributed by atoms with Crippen molar-refractivity contribution in [2.24, 2.45) is 5.41 Å². The van der Waals surface area contributed by atoms with Crippen molar-refractivity contribution in [2.75, 3.05) is 18.6 Å². The molecule has 1 saturated heterocycles. The van der Waals surface area contributed by atoms with Crippen LogP contribution >= 0.6 is 0 Å². The Hall–Kier alpha value is -2.22. The molecule has 0 aromatic heterocycles. The third-order valence-corrected chi connectivity index (χ3v) is 5.98. The second kappa shape index (κ2) is 6.01. The van der Waals surface area contributed by atoms with Crippen LogP contribution in [-0.2, 0) is 5.54 Å². The van der Waals surface area contributed by atoms with Crippen LogP contribution in [0.2, 0.25) is 0 Å². The van der Waals surface area contributed by atoms with Gasteiger partial charge in [0.2, 0.25) is 0 Å². The second-order valence-corrected chi connectivity index (χ2v) is 7.27. The van der Waals surface area contributed by atoms with Crippen LogP contribution in [0.4, 0.5) is 5.69 Å². The van der Waals surface area contributed by atoms with E-state index in [2.05, 4.69) is 80.8 Å². The van der Waals surface area contributed by atoms with Gasteiger partial charge in [0.25, 0.3) is 0 Å². The number of methoxy groups -OCH3 is 1. The summed E-state index contributed by atoms with van der Waals surface area (Å²) in [6.45, 7) is 12.3. The van der Waals surface area contributed by atoms with Crippen molar-refractivity contribution in [3.8, 4) is 5.75 Å². The third kappa shape index (κ3) is 2.41. The van der Waals surface area contributed by atoms with Gasteiger partial charge >= 0.3 is 0 Å². The number of benzene rings is 2. The minimum Gasteiger partial charge on any atom is -0.497 e. The molecular formula is C22H27NO. The number of rotatable bonds is 3. The van der Waals surface area contributed by atoms with E-state index in [1.165, 1.54) is 16.8 Å². The molecule has 3 rings (SSSR count). The van der Waals surface area contributed by atoms with Gasteiger partial charge in [-0.2, -0.15) is 0 Å². The van der Waals surface area contributed by atoms with Gasteiger partial charge in [0.15, 0.2) is 0 Å². The molecule has 1 aliphatic rings. The quantitative estimate of drug-likeness (QED) is 0.702.